The lowest BCUT2D eigenvalue weighted by molar-refractivity contribution is 0.111. The van der Waals surface area contributed by atoms with Crippen molar-refractivity contribution in [1.29, 1.82) is 0 Å². The molecule has 1 aromatic heterocycles. The Bertz CT molecular complexity index is 305. The molecule has 1 aromatic rings. The highest BCUT2D eigenvalue weighted by molar-refractivity contribution is 7.99. The van der Waals surface area contributed by atoms with Crippen molar-refractivity contribution in [1.82, 2.24) is 10.2 Å². The number of aromatic nitrogens is 2. The van der Waals surface area contributed by atoms with Crippen LogP contribution in [0.5, 0.6) is 0 Å². The van der Waals surface area contributed by atoms with Gasteiger partial charge in [-0.2, -0.15) is 16.9 Å². The molecule has 0 amide bonds. The zero-order valence-electron chi connectivity index (χ0n) is 8.03. The Morgan fingerprint density at radius 3 is 3.00 bits per heavy atom. The van der Waals surface area contributed by atoms with Gasteiger partial charge in [0.2, 0.25) is 0 Å². The van der Waals surface area contributed by atoms with E-state index in [4.69, 9.17) is 0 Å². The molecule has 14 heavy (non-hydrogen) atoms. The summed E-state index contributed by atoms with van der Waals surface area (Å²) in [5.74, 6) is 3.33. The van der Waals surface area contributed by atoms with Gasteiger partial charge >= 0.3 is 0 Å². The molecule has 76 valence electrons. The number of aromatic amines is 1. The molecule has 3 nitrogen and oxygen atoms in total. The molecule has 2 heterocycles. The Kier molecular flexibility index (Phi) is 3.24. The quantitative estimate of drug-likeness (QED) is 0.775. The van der Waals surface area contributed by atoms with Crippen LogP contribution in [0.4, 0.5) is 0 Å². The van der Waals surface area contributed by atoms with Crippen LogP contribution >= 0.6 is 11.8 Å². The van der Waals surface area contributed by atoms with Crippen molar-refractivity contribution in [2.75, 3.05) is 11.5 Å². The first kappa shape index (κ1) is 9.77. The molecule has 1 aliphatic heterocycles. The highest BCUT2D eigenvalue weighted by Crippen LogP contribution is 2.25. The molecule has 2 rings (SSSR count). The first-order valence-electron chi connectivity index (χ1n) is 4.95. The number of aldehydes is 1. The molecule has 0 radical (unpaired) electrons. The summed E-state index contributed by atoms with van der Waals surface area (Å²) in [7, 11) is 0. The van der Waals surface area contributed by atoms with Gasteiger partial charge in [-0.05, 0) is 42.8 Å². The van der Waals surface area contributed by atoms with Crippen LogP contribution in [-0.4, -0.2) is 28.0 Å². The van der Waals surface area contributed by atoms with Gasteiger partial charge in [-0.3, -0.25) is 9.89 Å². The smallest absolute Gasteiger partial charge is 0.170 e. The molecule has 0 unspecified atom stereocenters. The number of thioether (sulfide) groups is 1. The maximum atomic E-state index is 10.4. The van der Waals surface area contributed by atoms with Crippen LogP contribution in [0.25, 0.3) is 0 Å². The lowest BCUT2D eigenvalue weighted by Gasteiger charge is -2.20. The zero-order chi connectivity index (χ0) is 9.80. The largest absolute Gasteiger partial charge is 0.296 e. The third-order valence-corrected chi connectivity index (χ3v) is 3.67. The number of carbonyl (C=O) groups excluding carboxylic acids is 1. The van der Waals surface area contributed by atoms with Crippen LogP contribution in [0.3, 0.4) is 0 Å². The van der Waals surface area contributed by atoms with Gasteiger partial charge in [0, 0.05) is 5.69 Å². The summed E-state index contributed by atoms with van der Waals surface area (Å²) in [5.41, 5.74) is 1.62. The predicted octanol–water partition coefficient (Wildman–Crippen LogP) is 1.91. The average molecular weight is 210 g/mol. The Hall–Kier alpha value is -0.770. The number of carbonyl (C=O) groups is 1. The summed E-state index contributed by atoms with van der Waals surface area (Å²) in [6.07, 6.45) is 4.42. The third kappa shape index (κ3) is 2.38. The van der Waals surface area contributed by atoms with Crippen molar-refractivity contribution in [3.63, 3.8) is 0 Å². The fourth-order valence-electron chi connectivity index (χ4n) is 1.81. The average Bonchev–Trinajstić information content (AvgIpc) is 2.67. The van der Waals surface area contributed by atoms with Crippen molar-refractivity contribution < 1.29 is 4.79 Å². The predicted molar refractivity (Wildman–Crippen MR) is 57.7 cm³/mol. The molecule has 0 bridgehead atoms. The van der Waals surface area contributed by atoms with E-state index in [9.17, 15) is 4.79 Å². The first-order valence-corrected chi connectivity index (χ1v) is 6.11. The summed E-state index contributed by atoms with van der Waals surface area (Å²) >= 11 is 2.04. The molecule has 1 aliphatic rings. The van der Waals surface area contributed by atoms with Crippen LogP contribution in [0.1, 0.15) is 29.0 Å². The standard InChI is InChI=1S/C10H14N2OS/c13-7-10-6-9(11-12-10)5-8-1-3-14-4-2-8/h6-8H,1-5H2,(H,11,12). The van der Waals surface area contributed by atoms with Crippen molar-refractivity contribution >= 4 is 18.0 Å². The van der Waals surface area contributed by atoms with Crippen molar-refractivity contribution in [3.8, 4) is 0 Å². The highest BCUT2D eigenvalue weighted by Gasteiger charge is 2.15. The fraction of sp³-hybridized carbons (Fsp3) is 0.600. The van der Waals surface area contributed by atoms with Gasteiger partial charge in [0.25, 0.3) is 0 Å². The van der Waals surface area contributed by atoms with Gasteiger partial charge in [0.1, 0.15) is 5.69 Å². The zero-order valence-corrected chi connectivity index (χ0v) is 8.85. The Morgan fingerprint density at radius 2 is 2.36 bits per heavy atom. The lowest BCUT2D eigenvalue weighted by atomic mass is 9.97. The maximum Gasteiger partial charge on any atom is 0.170 e. The van der Waals surface area contributed by atoms with Crippen LogP contribution in [0.15, 0.2) is 6.07 Å². The second kappa shape index (κ2) is 4.64. The minimum Gasteiger partial charge on any atom is -0.296 e. The van der Waals surface area contributed by atoms with Crippen LogP contribution in [0.2, 0.25) is 0 Å². The maximum absolute atomic E-state index is 10.4. The molecule has 0 aromatic carbocycles. The molecule has 1 fully saturated rings. The van der Waals surface area contributed by atoms with Gasteiger partial charge in [-0.25, -0.2) is 0 Å². The Labute approximate surface area is 87.7 Å². The van der Waals surface area contributed by atoms with E-state index in [0.29, 0.717) is 5.69 Å². The fourth-order valence-corrected chi connectivity index (χ4v) is 3.01. The molecule has 0 saturated carbocycles. The van der Waals surface area contributed by atoms with E-state index in [1.165, 1.54) is 24.3 Å². The van der Waals surface area contributed by atoms with E-state index in [1.54, 1.807) is 0 Å². The van der Waals surface area contributed by atoms with Crippen molar-refractivity contribution in [2.45, 2.75) is 19.3 Å². The van der Waals surface area contributed by atoms with Gasteiger partial charge < -0.3 is 0 Å². The van der Waals surface area contributed by atoms with Gasteiger partial charge in [0.15, 0.2) is 6.29 Å². The first-order chi connectivity index (χ1) is 6.88. The monoisotopic (exact) mass is 210 g/mol. The molecular weight excluding hydrogens is 196 g/mol. The van der Waals surface area contributed by atoms with Gasteiger partial charge in [0.05, 0.1) is 0 Å². The van der Waals surface area contributed by atoms with Crippen molar-refractivity contribution in [2.24, 2.45) is 5.92 Å². The topological polar surface area (TPSA) is 45.8 Å². The molecular formula is C10H14N2OS. The second-order valence-corrected chi connectivity index (χ2v) is 4.92. The number of nitrogens with zero attached hydrogens (tertiary/aromatic N) is 1. The van der Waals surface area contributed by atoms with E-state index in [2.05, 4.69) is 10.2 Å². The van der Waals surface area contributed by atoms with E-state index in [0.717, 1.165) is 24.3 Å². The highest BCUT2D eigenvalue weighted by atomic mass is 32.2. The van der Waals surface area contributed by atoms with E-state index >= 15 is 0 Å². The molecule has 4 heteroatoms. The molecule has 1 N–H and O–H groups in total. The van der Waals surface area contributed by atoms with Crippen LogP contribution in [-0.2, 0) is 6.42 Å². The van der Waals surface area contributed by atoms with Crippen LogP contribution in [0, 0.1) is 5.92 Å². The minimum absolute atomic E-state index is 0.519. The van der Waals surface area contributed by atoms with Crippen LogP contribution < -0.4 is 0 Å². The number of H-pyrrole nitrogens is 1. The normalized spacial score (nSPS) is 18.3. The van der Waals surface area contributed by atoms with Gasteiger partial charge in [-0.15, -0.1) is 0 Å². The number of nitrogens with one attached hydrogen (secondary N) is 1. The Balaban J connectivity index is 1.92. The number of hydrogen-bond donors (Lipinski definition) is 1. The van der Waals surface area contributed by atoms with E-state index in [-0.39, 0.29) is 0 Å². The summed E-state index contributed by atoms with van der Waals surface area (Å²) in [6.45, 7) is 0. The molecule has 0 spiro atoms. The summed E-state index contributed by atoms with van der Waals surface area (Å²) < 4.78 is 0. The van der Waals surface area contributed by atoms with Gasteiger partial charge in [-0.1, -0.05) is 0 Å². The SMILES string of the molecule is O=Cc1cc(CC2CCSCC2)[nH]n1. The number of hydrogen-bond acceptors (Lipinski definition) is 3. The lowest BCUT2D eigenvalue weighted by Crippen LogP contribution is -2.12. The molecule has 0 atom stereocenters. The van der Waals surface area contributed by atoms with Crippen molar-refractivity contribution in [3.05, 3.63) is 17.5 Å². The molecule has 1 saturated heterocycles. The summed E-state index contributed by atoms with van der Waals surface area (Å²) in [4.78, 5) is 10.4. The van der Waals surface area contributed by atoms with E-state index < -0.39 is 0 Å². The minimum atomic E-state index is 0.519. The number of rotatable bonds is 3. The van der Waals surface area contributed by atoms with E-state index in [1.807, 2.05) is 17.8 Å². The second-order valence-electron chi connectivity index (χ2n) is 3.70. The summed E-state index contributed by atoms with van der Waals surface area (Å²) in [5, 5.41) is 6.82. The third-order valence-electron chi connectivity index (χ3n) is 2.62. The summed E-state index contributed by atoms with van der Waals surface area (Å²) in [6, 6.07) is 1.86. The Morgan fingerprint density at radius 1 is 1.57 bits per heavy atom. The molecule has 0 aliphatic carbocycles.